The van der Waals surface area contributed by atoms with E-state index in [4.69, 9.17) is 0 Å². The lowest BCUT2D eigenvalue weighted by Crippen LogP contribution is -2.29. The predicted octanol–water partition coefficient (Wildman–Crippen LogP) is 2.64. The van der Waals surface area contributed by atoms with Crippen LogP contribution in [0.3, 0.4) is 0 Å². The Morgan fingerprint density at radius 2 is 2.00 bits per heavy atom. The van der Waals surface area contributed by atoms with Gasteiger partial charge in [0.05, 0.1) is 6.10 Å². The van der Waals surface area contributed by atoms with Gasteiger partial charge in [-0.2, -0.15) is 0 Å². The summed E-state index contributed by atoms with van der Waals surface area (Å²) >= 11 is 0. The summed E-state index contributed by atoms with van der Waals surface area (Å²) in [5, 5.41) is 13.9. The third-order valence-electron chi connectivity index (χ3n) is 4.53. The third kappa shape index (κ3) is 2.93. The van der Waals surface area contributed by atoms with Gasteiger partial charge < -0.3 is 15.3 Å². The Morgan fingerprint density at radius 3 is 2.84 bits per heavy atom. The summed E-state index contributed by atoms with van der Waals surface area (Å²) in [6.45, 7) is 4.64. The quantitative estimate of drug-likeness (QED) is 0.873. The van der Waals surface area contributed by atoms with E-state index in [0.717, 1.165) is 24.2 Å². The van der Waals surface area contributed by atoms with E-state index in [9.17, 15) is 5.11 Å². The Morgan fingerprint density at radius 1 is 1.21 bits per heavy atom. The SMILES string of the molecule is O[C@H]1c2ccccc2NC[C@H]1CCCN1CCCC1. The standard InChI is InChI=1S/C16H24N2O/c19-16-13(6-5-11-18-9-3-4-10-18)12-17-15-8-2-1-7-14(15)16/h1-2,7-8,13,16-17,19H,3-6,9-12H2/t13-,16-/m1/s1. The second-order valence-electron chi connectivity index (χ2n) is 5.86. The van der Waals surface area contributed by atoms with Gasteiger partial charge in [0, 0.05) is 23.7 Å². The van der Waals surface area contributed by atoms with E-state index < -0.39 is 0 Å². The lowest BCUT2D eigenvalue weighted by Gasteiger charge is -2.31. The number of rotatable bonds is 4. The maximum absolute atomic E-state index is 10.5. The average Bonchev–Trinajstić information content (AvgIpc) is 2.95. The molecule has 19 heavy (non-hydrogen) atoms. The van der Waals surface area contributed by atoms with E-state index >= 15 is 0 Å². The third-order valence-corrected chi connectivity index (χ3v) is 4.53. The number of para-hydroxylation sites is 1. The molecule has 1 aromatic carbocycles. The molecule has 2 aliphatic rings. The Bertz CT molecular complexity index is 415. The summed E-state index contributed by atoms with van der Waals surface area (Å²) in [5.74, 6) is 0.359. The van der Waals surface area contributed by atoms with Gasteiger partial charge in [0.25, 0.3) is 0 Å². The van der Waals surface area contributed by atoms with E-state index in [1.807, 2.05) is 18.2 Å². The number of aliphatic hydroxyl groups excluding tert-OH is 1. The predicted molar refractivity (Wildman–Crippen MR) is 78.3 cm³/mol. The molecule has 0 aliphatic carbocycles. The van der Waals surface area contributed by atoms with Gasteiger partial charge in [-0.3, -0.25) is 0 Å². The second-order valence-corrected chi connectivity index (χ2v) is 5.86. The molecule has 0 radical (unpaired) electrons. The Kier molecular flexibility index (Phi) is 4.04. The summed E-state index contributed by atoms with van der Waals surface area (Å²) in [7, 11) is 0. The van der Waals surface area contributed by atoms with Gasteiger partial charge in [0.2, 0.25) is 0 Å². The van der Waals surface area contributed by atoms with Crippen LogP contribution in [0.15, 0.2) is 24.3 Å². The van der Waals surface area contributed by atoms with Crippen molar-refractivity contribution in [3.63, 3.8) is 0 Å². The van der Waals surface area contributed by atoms with E-state index in [-0.39, 0.29) is 6.10 Å². The molecular weight excluding hydrogens is 236 g/mol. The fraction of sp³-hybridized carbons (Fsp3) is 0.625. The average molecular weight is 260 g/mol. The normalized spacial score (nSPS) is 27.0. The number of anilines is 1. The van der Waals surface area contributed by atoms with Crippen molar-refractivity contribution in [3.05, 3.63) is 29.8 Å². The highest BCUT2D eigenvalue weighted by Gasteiger charge is 2.27. The highest BCUT2D eigenvalue weighted by molar-refractivity contribution is 5.54. The largest absolute Gasteiger partial charge is 0.388 e. The zero-order valence-electron chi connectivity index (χ0n) is 11.5. The maximum atomic E-state index is 10.5. The molecule has 1 aromatic rings. The Hall–Kier alpha value is -1.06. The lowest BCUT2D eigenvalue weighted by molar-refractivity contribution is 0.102. The van der Waals surface area contributed by atoms with Gasteiger partial charge in [0.1, 0.15) is 0 Å². The maximum Gasteiger partial charge on any atom is 0.0854 e. The van der Waals surface area contributed by atoms with E-state index in [0.29, 0.717) is 5.92 Å². The Balaban J connectivity index is 1.52. The first-order valence-electron chi connectivity index (χ1n) is 7.58. The number of hydrogen-bond acceptors (Lipinski definition) is 3. The molecule has 1 saturated heterocycles. The van der Waals surface area contributed by atoms with Crippen LogP contribution < -0.4 is 5.32 Å². The first-order valence-corrected chi connectivity index (χ1v) is 7.58. The molecule has 3 rings (SSSR count). The first kappa shape index (κ1) is 12.9. The van der Waals surface area contributed by atoms with Crippen LogP contribution in [0.1, 0.15) is 37.4 Å². The molecular formula is C16H24N2O. The van der Waals surface area contributed by atoms with E-state index in [2.05, 4.69) is 16.3 Å². The number of likely N-dealkylation sites (tertiary alicyclic amines) is 1. The molecule has 0 bridgehead atoms. The van der Waals surface area contributed by atoms with Crippen molar-refractivity contribution >= 4 is 5.69 Å². The zero-order chi connectivity index (χ0) is 13.1. The molecule has 2 N–H and O–H groups in total. The number of fused-ring (bicyclic) bond motifs is 1. The molecule has 2 heterocycles. The van der Waals surface area contributed by atoms with Gasteiger partial charge >= 0.3 is 0 Å². The van der Waals surface area contributed by atoms with Crippen LogP contribution in [0.5, 0.6) is 0 Å². The lowest BCUT2D eigenvalue weighted by atomic mass is 9.87. The first-order chi connectivity index (χ1) is 9.34. The molecule has 0 aromatic heterocycles. The number of hydrogen-bond donors (Lipinski definition) is 2. The minimum atomic E-state index is -0.295. The van der Waals surface area contributed by atoms with Gasteiger partial charge in [-0.15, -0.1) is 0 Å². The highest BCUT2D eigenvalue weighted by Crippen LogP contribution is 2.35. The van der Waals surface area contributed by atoms with Crippen molar-refractivity contribution in [1.29, 1.82) is 0 Å². The van der Waals surface area contributed by atoms with Crippen LogP contribution in [0.4, 0.5) is 5.69 Å². The van der Waals surface area contributed by atoms with Crippen LogP contribution in [0.25, 0.3) is 0 Å². The van der Waals surface area contributed by atoms with Crippen molar-refractivity contribution in [3.8, 4) is 0 Å². The van der Waals surface area contributed by atoms with Crippen molar-refractivity contribution in [1.82, 2.24) is 4.90 Å². The van der Waals surface area contributed by atoms with Crippen molar-refractivity contribution in [2.45, 2.75) is 31.8 Å². The fourth-order valence-electron chi connectivity index (χ4n) is 3.37. The number of aliphatic hydroxyl groups is 1. The van der Waals surface area contributed by atoms with Crippen molar-refractivity contribution in [2.24, 2.45) is 5.92 Å². The topological polar surface area (TPSA) is 35.5 Å². The zero-order valence-corrected chi connectivity index (χ0v) is 11.5. The van der Waals surface area contributed by atoms with Crippen LogP contribution in [-0.2, 0) is 0 Å². The molecule has 3 heteroatoms. The number of nitrogens with zero attached hydrogens (tertiary/aromatic N) is 1. The number of benzene rings is 1. The molecule has 0 unspecified atom stereocenters. The molecule has 2 atom stereocenters. The smallest absolute Gasteiger partial charge is 0.0854 e. The van der Waals surface area contributed by atoms with Crippen molar-refractivity contribution < 1.29 is 5.11 Å². The monoisotopic (exact) mass is 260 g/mol. The second kappa shape index (κ2) is 5.93. The van der Waals surface area contributed by atoms with Gasteiger partial charge in [-0.25, -0.2) is 0 Å². The summed E-state index contributed by atoms with van der Waals surface area (Å²) in [5.41, 5.74) is 2.17. The van der Waals surface area contributed by atoms with Crippen LogP contribution in [0.2, 0.25) is 0 Å². The molecule has 0 spiro atoms. The molecule has 3 nitrogen and oxygen atoms in total. The fourth-order valence-corrected chi connectivity index (χ4v) is 3.37. The molecule has 2 aliphatic heterocycles. The number of nitrogens with one attached hydrogen (secondary N) is 1. The van der Waals surface area contributed by atoms with E-state index in [1.165, 1.54) is 38.9 Å². The molecule has 0 saturated carbocycles. The van der Waals surface area contributed by atoms with Crippen LogP contribution in [-0.4, -0.2) is 36.2 Å². The Labute approximate surface area is 115 Å². The van der Waals surface area contributed by atoms with E-state index in [1.54, 1.807) is 0 Å². The minimum absolute atomic E-state index is 0.295. The summed E-state index contributed by atoms with van der Waals surface area (Å²) in [6, 6.07) is 8.13. The van der Waals surface area contributed by atoms with Crippen LogP contribution in [0, 0.1) is 5.92 Å². The van der Waals surface area contributed by atoms with Gasteiger partial charge in [-0.1, -0.05) is 18.2 Å². The van der Waals surface area contributed by atoms with Crippen LogP contribution >= 0.6 is 0 Å². The summed E-state index contributed by atoms with van der Waals surface area (Å²) in [4.78, 5) is 2.55. The highest BCUT2D eigenvalue weighted by atomic mass is 16.3. The van der Waals surface area contributed by atoms with Gasteiger partial charge in [0.15, 0.2) is 0 Å². The molecule has 0 amide bonds. The summed E-state index contributed by atoms with van der Waals surface area (Å²) < 4.78 is 0. The van der Waals surface area contributed by atoms with Crippen molar-refractivity contribution in [2.75, 3.05) is 31.5 Å². The molecule has 1 fully saturated rings. The summed E-state index contributed by atoms with van der Waals surface area (Å²) in [6.07, 6.45) is 4.74. The molecule has 104 valence electrons. The van der Waals surface area contributed by atoms with Gasteiger partial charge in [-0.05, 0) is 51.4 Å². The minimum Gasteiger partial charge on any atom is -0.388 e.